The maximum absolute atomic E-state index is 12.2. The Morgan fingerprint density at radius 1 is 1.22 bits per heavy atom. The van der Waals surface area contributed by atoms with Gasteiger partial charge >= 0.3 is 6.03 Å². The Morgan fingerprint density at radius 3 is 2.35 bits per heavy atom. The Kier molecular flexibility index (Phi) is 5.00. The number of nitrogens with zero attached hydrogens (tertiary/aromatic N) is 1. The van der Waals surface area contributed by atoms with Gasteiger partial charge in [0.1, 0.15) is 0 Å². The minimum atomic E-state index is -0.476. The molecule has 1 heterocycles. The molecule has 0 saturated carbocycles. The van der Waals surface area contributed by atoms with Gasteiger partial charge in [0, 0.05) is 22.7 Å². The largest absolute Gasteiger partial charge is 0.330 e. The summed E-state index contributed by atoms with van der Waals surface area (Å²) in [6.45, 7) is 6.18. The van der Waals surface area contributed by atoms with E-state index in [1.54, 1.807) is 11.3 Å². The summed E-state index contributed by atoms with van der Waals surface area (Å²) < 4.78 is 0. The number of carbonyl (C=O) groups is 1. The number of hydrogen-bond acceptors (Lipinski definition) is 4. The summed E-state index contributed by atoms with van der Waals surface area (Å²) in [5, 5.41) is 18.3. The van der Waals surface area contributed by atoms with Gasteiger partial charge in [-0.25, -0.2) is 4.79 Å². The molecular weight excluding hydrogens is 314 g/mol. The molecule has 0 spiro atoms. The molecule has 2 aromatic rings. The van der Waals surface area contributed by atoms with Crippen LogP contribution in [0, 0.1) is 15.5 Å². The van der Waals surface area contributed by atoms with Crippen LogP contribution in [-0.2, 0) is 0 Å². The average Bonchev–Trinajstić information content (AvgIpc) is 2.98. The summed E-state index contributed by atoms with van der Waals surface area (Å²) in [4.78, 5) is 23.5. The van der Waals surface area contributed by atoms with Crippen LogP contribution in [0.4, 0.5) is 16.2 Å². The number of hydrogen-bond donors (Lipinski definition) is 2. The van der Waals surface area contributed by atoms with Gasteiger partial charge in [0.15, 0.2) is 0 Å². The van der Waals surface area contributed by atoms with Gasteiger partial charge in [-0.15, -0.1) is 11.3 Å². The standard InChI is InChI=1S/C16H19N3O3S/c1-16(2,3)14(13-5-4-10-23-13)18-15(20)17-11-6-8-12(9-7-11)19(21)22/h4-10,14H,1-3H3,(H2,17,18,20). The fourth-order valence-corrected chi connectivity index (χ4v) is 3.15. The molecule has 0 aliphatic heterocycles. The van der Waals surface area contributed by atoms with Gasteiger partial charge in [0.2, 0.25) is 0 Å². The minimum absolute atomic E-state index is 0.0119. The predicted molar refractivity (Wildman–Crippen MR) is 91.8 cm³/mol. The van der Waals surface area contributed by atoms with Crippen LogP contribution in [0.2, 0.25) is 0 Å². The lowest BCUT2D eigenvalue weighted by Crippen LogP contribution is -2.38. The van der Waals surface area contributed by atoms with Gasteiger partial charge in [0.05, 0.1) is 11.0 Å². The Morgan fingerprint density at radius 2 is 1.87 bits per heavy atom. The summed E-state index contributed by atoms with van der Waals surface area (Å²) in [5.41, 5.74) is 0.353. The molecule has 2 rings (SSSR count). The molecular formula is C16H19N3O3S. The van der Waals surface area contributed by atoms with Crippen molar-refractivity contribution in [2.75, 3.05) is 5.32 Å². The normalized spacial score (nSPS) is 12.5. The summed E-state index contributed by atoms with van der Waals surface area (Å²) >= 11 is 1.59. The molecule has 2 amide bonds. The Labute approximate surface area is 138 Å². The average molecular weight is 333 g/mol. The number of anilines is 1. The first kappa shape index (κ1) is 17.0. The van der Waals surface area contributed by atoms with Crippen LogP contribution in [0.5, 0.6) is 0 Å². The lowest BCUT2D eigenvalue weighted by Gasteiger charge is -2.30. The highest BCUT2D eigenvalue weighted by molar-refractivity contribution is 7.10. The van der Waals surface area contributed by atoms with E-state index in [4.69, 9.17) is 0 Å². The molecule has 0 saturated heterocycles. The van der Waals surface area contributed by atoms with Crippen LogP contribution in [0.25, 0.3) is 0 Å². The van der Waals surface area contributed by atoms with Gasteiger partial charge in [-0.1, -0.05) is 26.8 Å². The zero-order valence-electron chi connectivity index (χ0n) is 13.2. The minimum Gasteiger partial charge on any atom is -0.330 e. The molecule has 0 bridgehead atoms. The highest BCUT2D eigenvalue weighted by Crippen LogP contribution is 2.35. The van der Waals surface area contributed by atoms with Gasteiger partial charge in [-0.05, 0) is 29.0 Å². The van der Waals surface area contributed by atoms with Crippen LogP contribution in [0.1, 0.15) is 31.7 Å². The molecule has 0 radical (unpaired) electrons. The highest BCUT2D eigenvalue weighted by Gasteiger charge is 2.28. The van der Waals surface area contributed by atoms with Crippen LogP contribution in [-0.4, -0.2) is 11.0 Å². The number of thiophene rings is 1. The summed E-state index contributed by atoms with van der Waals surface area (Å²) in [6.07, 6.45) is 0. The number of nitro benzene ring substituents is 1. The zero-order valence-corrected chi connectivity index (χ0v) is 14.0. The van der Waals surface area contributed by atoms with E-state index in [0.717, 1.165) is 4.88 Å². The van der Waals surface area contributed by atoms with Crippen molar-refractivity contribution in [3.8, 4) is 0 Å². The van der Waals surface area contributed by atoms with Crippen molar-refractivity contribution in [3.05, 3.63) is 56.8 Å². The molecule has 0 aliphatic rings. The van der Waals surface area contributed by atoms with Crippen molar-refractivity contribution in [2.45, 2.75) is 26.8 Å². The Hall–Kier alpha value is -2.41. The number of nitro groups is 1. The van der Waals surface area contributed by atoms with E-state index in [0.29, 0.717) is 5.69 Å². The first-order valence-electron chi connectivity index (χ1n) is 7.13. The smallest absolute Gasteiger partial charge is 0.319 e. The quantitative estimate of drug-likeness (QED) is 0.635. The zero-order chi connectivity index (χ0) is 17.0. The number of non-ortho nitro benzene ring substituents is 1. The molecule has 0 fully saturated rings. The molecule has 2 N–H and O–H groups in total. The van der Waals surface area contributed by atoms with Crippen molar-refractivity contribution in [1.82, 2.24) is 5.32 Å². The molecule has 23 heavy (non-hydrogen) atoms. The van der Waals surface area contributed by atoms with E-state index in [2.05, 4.69) is 31.4 Å². The van der Waals surface area contributed by atoms with Gasteiger partial charge in [-0.3, -0.25) is 10.1 Å². The second-order valence-electron chi connectivity index (χ2n) is 6.22. The number of urea groups is 1. The maximum Gasteiger partial charge on any atom is 0.319 e. The topological polar surface area (TPSA) is 84.3 Å². The molecule has 1 aromatic carbocycles. The fourth-order valence-electron chi connectivity index (χ4n) is 2.13. The monoisotopic (exact) mass is 333 g/mol. The molecule has 0 aliphatic carbocycles. The first-order valence-corrected chi connectivity index (χ1v) is 8.01. The van der Waals surface area contributed by atoms with Crippen LogP contribution < -0.4 is 10.6 Å². The highest BCUT2D eigenvalue weighted by atomic mass is 32.1. The van der Waals surface area contributed by atoms with Crippen LogP contribution in [0.15, 0.2) is 41.8 Å². The van der Waals surface area contributed by atoms with E-state index >= 15 is 0 Å². The Balaban J connectivity index is 2.06. The van der Waals surface area contributed by atoms with Crippen molar-refractivity contribution in [1.29, 1.82) is 0 Å². The van der Waals surface area contributed by atoms with E-state index < -0.39 is 4.92 Å². The summed E-state index contributed by atoms with van der Waals surface area (Å²) in [7, 11) is 0. The molecule has 1 unspecified atom stereocenters. The fraction of sp³-hybridized carbons (Fsp3) is 0.312. The van der Waals surface area contributed by atoms with Gasteiger partial charge in [-0.2, -0.15) is 0 Å². The molecule has 1 aromatic heterocycles. The third kappa shape index (κ3) is 4.53. The van der Waals surface area contributed by atoms with Crippen molar-refractivity contribution < 1.29 is 9.72 Å². The lowest BCUT2D eigenvalue weighted by molar-refractivity contribution is -0.384. The van der Waals surface area contributed by atoms with E-state index in [-0.39, 0.29) is 23.2 Å². The molecule has 7 heteroatoms. The first-order chi connectivity index (χ1) is 10.8. The number of carbonyl (C=O) groups excluding carboxylic acids is 1. The molecule has 6 nitrogen and oxygen atoms in total. The Bertz CT molecular complexity index is 676. The second kappa shape index (κ2) is 6.78. The van der Waals surface area contributed by atoms with Gasteiger partial charge < -0.3 is 10.6 Å². The van der Waals surface area contributed by atoms with Crippen LogP contribution in [0.3, 0.4) is 0 Å². The molecule has 1 atom stereocenters. The second-order valence-corrected chi connectivity index (χ2v) is 7.20. The van der Waals surface area contributed by atoms with Crippen molar-refractivity contribution in [2.24, 2.45) is 5.41 Å². The summed E-state index contributed by atoms with van der Waals surface area (Å²) in [5.74, 6) is 0. The third-order valence-electron chi connectivity index (χ3n) is 3.31. The number of amides is 2. The predicted octanol–water partition coefficient (Wildman–Crippen LogP) is 4.57. The van der Waals surface area contributed by atoms with Crippen LogP contribution >= 0.6 is 11.3 Å². The molecule has 122 valence electrons. The maximum atomic E-state index is 12.2. The van der Waals surface area contributed by atoms with E-state index in [1.165, 1.54) is 24.3 Å². The lowest BCUT2D eigenvalue weighted by atomic mass is 9.86. The number of benzene rings is 1. The van der Waals surface area contributed by atoms with E-state index in [1.807, 2.05) is 17.5 Å². The van der Waals surface area contributed by atoms with E-state index in [9.17, 15) is 14.9 Å². The van der Waals surface area contributed by atoms with Crippen molar-refractivity contribution in [3.63, 3.8) is 0 Å². The summed E-state index contributed by atoms with van der Waals surface area (Å²) in [6, 6.07) is 9.21. The number of nitrogens with one attached hydrogen (secondary N) is 2. The SMILES string of the molecule is CC(C)(C)C(NC(=O)Nc1ccc([N+](=O)[O-])cc1)c1cccs1. The van der Waals surface area contributed by atoms with Crippen molar-refractivity contribution >= 4 is 28.7 Å². The third-order valence-corrected chi connectivity index (χ3v) is 4.24. The van der Waals surface area contributed by atoms with Gasteiger partial charge in [0.25, 0.3) is 5.69 Å². The number of rotatable bonds is 4.